The number of hydrogen-bond donors (Lipinski definition) is 2. The van der Waals surface area contributed by atoms with Crippen LogP contribution in [0.15, 0.2) is 0 Å². The Morgan fingerprint density at radius 3 is 2.56 bits per heavy atom. The van der Waals surface area contributed by atoms with Crippen molar-refractivity contribution >= 4 is 12.0 Å². The summed E-state index contributed by atoms with van der Waals surface area (Å²) in [6.07, 6.45) is 2.41. The van der Waals surface area contributed by atoms with Gasteiger partial charge in [-0.1, -0.05) is 13.8 Å². The molecule has 2 aliphatic rings. The largest absolute Gasteiger partial charge is 0.481 e. The molecule has 1 atom stereocenters. The summed E-state index contributed by atoms with van der Waals surface area (Å²) in [7, 11) is 0. The average Bonchev–Trinajstić information content (AvgIpc) is 2.94. The molecule has 5 nitrogen and oxygen atoms in total. The number of carbonyl (C=O) groups excluding carboxylic acids is 1. The van der Waals surface area contributed by atoms with E-state index in [0.29, 0.717) is 24.7 Å². The molecule has 0 bridgehead atoms. The maximum absolute atomic E-state index is 11.9. The van der Waals surface area contributed by atoms with Crippen molar-refractivity contribution < 1.29 is 14.7 Å². The number of amides is 2. The molecule has 1 saturated carbocycles. The van der Waals surface area contributed by atoms with Crippen molar-refractivity contribution in [2.24, 2.45) is 17.3 Å². The van der Waals surface area contributed by atoms with E-state index < -0.39 is 11.4 Å². The SMILES string of the molecule is CC(C)C1CCN(C(=O)NCC2(C(=O)O)CC2)C1. The number of hydrogen-bond acceptors (Lipinski definition) is 2. The second kappa shape index (κ2) is 4.78. The first kappa shape index (κ1) is 13.2. The fraction of sp³-hybridized carbons (Fsp3) is 0.846. The van der Waals surface area contributed by atoms with Gasteiger partial charge < -0.3 is 15.3 Å². The number of carboxylic acids is 1. The Bertz CT molecular complexity index is 350. The van der Waals surface area contributed by atoms with Crippen molar-refractivity contribution in [3.05, 3.63) is 0 Å². The van der Waals surface area contributed by atoms with E-state index in [1.807, 2.05) is 4.90 Å². The second-order valence-electron chi connectivity index (χ2n) is 5.98. The molecule has 18 heavy (non-hydrogen) atoms. The molecule has 2 fully saturated rings. The molecule has 1 aliphatic heterocycles. The van der Waals surface area contributed by atoms with E-state index in [2.05, 4.69) is 19.2 Å². The first-order valence-corrected chi connectivity index (χ1v) is 6.71. The van der Waals surface area contributed by atoms with Crippen molar-refractivity contribution in [1.82, 2.24) is 10.2 Å². The summed E-state index contributed by atoms with van der Waals surface area (Å²) in [6, 6.07) is -0.106. The van der Waals surface area contributed by atoms with Crippen LogP contribution in [0.25, 0.3) is 0 Å². The normalized spacial score (nSPS) is 25.3. The first-order chi connectivity index (χ1) is 8.44. The van der Waals surface area contributed by atoms with Gasteiger partial charge in [-0.25, -0.2) is 4.79 Å². The van der Waals surface area contributed by atoms with Gasteiger partial charge in [0.2, 0.25) is 0 Å². The van der Waals surface area contributed by atoms with Crippen LogP contribution in [-0.2, 0) is 4.79 Å². The van der Waals surface area contributed by atoms with Gasteiger partial charge >= 0.3 is 12.0 Å². The molecule has 0 aromatic rings. The molecule has 0 spiro atoms. The van der Waals surface area contributed by atoms with Crippen LogP contribution in [0.5, 0.6) is 0 Å². The van der Waals surface area contributed by atoms with Crippen LogP contribution in [0.3, 0.4) is 0 Å². The maximum atomic E-state index is 11.9. The van der Waals surface area contributed by atoms with Crippen LogP contribution >= 0.6 is 0 Å². The van der Waals surface area contributed by atoms with Gasteiger partial charge in [0.1, 0.15) is 0 Å². The second-order valence-corrected chi connectivity index (χ2v) is 5.98. The molecular formula is C13H22N2O3. The van der Waals surface area contributed by atoms with Gasteiger partial charge in [0.15, 0.2) is 0 Å². The molecular weight excluding hydrogens is 232 g/mol. The van der Waals surface area contributed by atoms with Crippen LogP contribution in [0, 0.1) is 17.3 Å². The number of carboxylic acid groups (broad SMARTS) is 1. The lowest BCUT2D eigenvalue weighted by atomic mass is 9.95. The Hall–Kier alpha value is -1.26. The lowest BCUT2D eigenvalue weighted by Crippen LogP contribution is -2.42. The fourth-order valence-corrected chi connectivity index (χ4v) is 2.49. The predicted octanol–water partition coefficient (Wildman–Crippen LogP) is 1.54. The Kier molecular flexibility index (Phi) is 3.50. The van der Waals surface area contributed by atoms with Crippen LogP contribution in [0.4, 0.5) is 4.79 Å². The highest BCUT2D eigenvalue weighted by molar-refractivity contribution is 5.80. The van der Waals surface area contributed by atoms with E-state index in [9.17, 15) is 9.59 Å². The summed E-state index contributed by atoms with van der Waals surface area (Å²) in [4.78, 5) is 24.7. The van der Waals surface area contributed by atoms with Crippen LogP contribution in [0.1, 0.15) is 33.1 Å². The topological polar surface area (TPSA) is 69.6 Å². The number of rotatable bonds is 4. The highest BCUT2D eigenvalue weighted by Gasteiger charge is 2.50. The van der Waals surface area contributed by atoms with Crippen molar-refractivity contribution in [1.29, 1.82) is 0 Å². The van der Waals surface area contributed by atoms with Gasteiger partial charge in [-0.15, -0.1) is 0 Å². The highest BCUT2D eigenvalue weighted by atomic mass is 16.4. The minimum Gasteiger partial charge on any atom is -0.481 e. The molecule has 2 amide bonds. The third kappa shape index (κ3) is 2.60. The van der Waals surface area contributed by atoms with Crippen LogP contribution < -0.4 is 5.32 Å². The summed E-state index contributed by atoms with van der Waals surface area (Å²) in [6.45, 7) is 6.20. The van der Waals surface area contributed by atoms with Gasteiger partial charge in [-0.2, -0.15) is 0 Å². The number of nitrogens with zero attached hydrogens (tertiary/aromatic N) is 1. The molecule has 2 rings (SSSR count). The zero-order chi connectivity index (χ0) is 13.3. The summed E-state index contributed by atoms with van der Waals surface area (Å²) in [5, 5.41) is 11.8. The minimum atomic E-state index is -0.788. The molecule has 2 N–H and O–H groups in total. The average molecular weight is 254 g/mol. The van der Waals surface area contributed by atoms with E-state index >= 15 is 0 Å². The molecule has 5 heteroatoms. The van der Waals surface area contributed by atoms with Gasteiger partial charge in [0.25, 0.3) is 0 Å². The molecule has 102 valence electrons. The Balaban J connectivity index is 1.78. The molecule has 0 aromatic carbocycles. The van der Waals surface area contributed by atoms with Crippen molar-refractivity contribution in [3.8, 4) is 0 Å². The van der Waals surface area contributed by atoms with E-state index in [0.717, 1.165) is 19.5 Å². The molecule has 0 radical (unpaired) electrons. The summed E-state index contributed by atoms with van der Waals surface area (Å²) >= 11 is 0. The summed E-state index contributed by atoms with van der Waals surface area (Å²) < 4.78 is 0. The van der Waals surface area contributed by atoms with E-state index in [-0.39, 0.29) is 12.6 Å². The van der Waals surface area contributed by atoms with Gasteiger partial charge in [0, 0.05) is 19.6 Å². The minimum absolute atomic E-state index is 0.106. The van der Waals surface area contributed by atoms with Crippen molar-refractivity contribution in [2.45, 2.75) is 33.1 Å². The number of likely N-dealkylation sites (tertiary alicyclic amines) is 1. The fourth-order valence-electron chi connectivity index (χ4n) is 2.49. The Morgan fingerprint density at radius 1 is 1.44 bits per heavy atom. The van der Waals surface area contributed by atoms with Gasteiger partial charge in [-0.3, -0.25) is 4.79 Å². The molecule has 1 saturated heterocycles. The van der Waals surface area contributed by atoms with E-state index in [1.165, 1.54) is 0 Å². The monoisotopic (exact) mass is 254 g/mol. The van der Waals surface area contributed by atoms with Gasteiger partial charge in [-0.05, 0) is 31.1 Å². The quantitative estimate of drug-likeness (QED) is 0.799. The molecule has 1 heterocycles. The Morgan fingerprint density at radius 2 is 2.11 bits per heavy atom. The first-order valence-electron chi connectivity index (χ1n) is 6.71. The third-order valence-electron chi connectivity index (χ3n) is 4.34. The smallest absolute Gasteiger partial charge is 0.317 e. The molecule has 1 aliphatic carbocycles. The predicted molar refractivity (Wildman–Crippen MR) is 67.2 cm³/mol. The number of aliphatic carboxylic acids is 1. The lowest BCUT2D eigenvalue weighted by Gasteiger charge is -2.20. The van der Waals surface area contributed by atoms with Crippen molar-refractivity contribution in [3.63, 3.8) is 0 Å². The van der Waals surface area contributed by atoms with Gasteiger partial charge in [0.05, 0.1) is 5.41 Å². The number of carbonyl (C=O) groups is 2. The Labute approximate surface area is 108 Å². The van der Waals surface area contributed by atoms with Crippen LogP contribution in [0.2, 0.25) is 0 Å². The molecule has 1 unspecified atom stereocenters. The number of urea groups is 1. The van der Waals surface area contributed by atoms with Crippen LogP contribution in [-0.4, -0.2) is 41.6 Å². The summed E-state index contributed by atoms with van der Waals surface area (Å²) in [5.74, 6) is 0.381. The van der Waals surface area contributed by atoms with Crippen molar-refractivity contribution in [2.75, 3.05) is 19.6 Å². The zero-order valence-electron chi connectivity index (χ0n) is 11.1. The standard InChI is InChI=1S/C13H22N2O3/c1-9(2)10-3-6-15(7-10)12(18)14-8-13(4-5-13)11(16)17/h9-10H,3-8H2,1-2H3,(H,14,18)(H,16,17). The summed E-state index contributed by atoms with van der Waals surface area (Å²) in [5.41, 5.74) is -0.674. The highest BCUT2D eigenvalue weighted by Crippen LogP contribution is 2.45. The van der Waals surface area contributed by atoms with E-state index in [1.54, 1.807) is 0 Å². The number of nitrogens with one attached hydrogen (secondary N) is 1. The van der Waals surface area contributed by atoms with E-state index in [4.69, 9.17) is 5.11 Å². The lowest BCUT2D eigenvalue weighted by molar-refractivity contribution is -0.143. The third-order valence-corrected chi connectivity index (χ3v) is 4.34. The maximum Gasteiger partial charge on any atom is 0.317 e. The zero-order valence-corrected chi connectivity index (χ0v) is 11.1. The molecule has 0 aromatic heterocycles.